The summed E-state index contributed by atoms with van der Waals surface area (Å²) in [5.41, 5.74) is 6.48. The Morgan fingerprint density at radius 3 is 1.37 bits per heavy atom. The van der Waals surface area contributed by atoms with Gasteiger partial charge < -0.3 is 94.0 Å². The second-order valence-electron chi connectivity index (χ2n) is 35.9. The summed E-state index contributed by atoms with van der Waals surface area (Å²) in [4.78, 5) is 149. The van der Waals surface area contributed by atoms with Gasteiger partial charge >= 0.3 is 43.6 Å². The van der Waals surface area contributed by atoms with E-state index in [2.05, 4.69) is 115 Å². The van der Waals surface area contributed by atoms with Gasteiger partial charge in [0.2, 0.25) is 17.7 Å². The summed E-state index contributed by atoms with van der Waals surface area (Å²) < 4.78 is 37.7. The van der Waals surface area contributed by atoms with Gasteiger partial charge in [-0.15, -0.1) is 47.0 Å². The van der Waals surface area contributed by atoms with Crippen LogP contribution in [0.3, 0.4) is 0 Å². The minimum Gasteiger partial charge on any atom is -0.480 e. The minimum atomic E-state index is -1.06. The number of nitrogens with one attached hydrogen (secondary N) is 8. The predicted molar refractivity (Wildman–Crippen MR) is 494 cm³/mol. The van der Waals surface area contributed by atoms with Crippen molar-refractivity contribution in [2.24, 2.45) is 23.7 Å². The predicted octanol–water partition coefficient (Wildman–Crippen LogP) is 15.2. The van der Waals surface area contributed by atoms with Gasteiger partial charge in [-0.1, -0.05) is 91.8 Å². The Hall–Kier alpha value is -9.08. The molecular formula is C88H119BBrN15O17S4. The number of carbonyl (C=O) groups excluding carboxylic acids is 8. The van der Waals surface area contributed by atoms with Gasteiger partial charge in [-0.3, -0.25) is 19.3 Å². The number of H-pyrrole nitrogens is 4. The third-order valence-electron chi connectivity index (χ3n) is 24.0. The fourth-order valence-corrected chi connectivity index (χ4v) is 23.1. The van der Waals surface area contributed by atoms with Crippen LogP contribution in [0.1, 0.15) is 220 Å². The summed E-state index contributed by atoms with van der Waals surface area (Å²) in [7, 11) is 4.63. The van der Waals surface area contributed by atoms with Crippen molar-refractivity contribution in [2.45, 2.75) is 241 Å². The summed E-state index contributed by atoms with van der Waals surface area (Å²) in [6, 6.07) is 11.2. The summed E-state index contributed by atoms with van der Waals surface area (Å²) in [5, 5.41) is 21.6. The third kappa shape index (κ3) is 22.2. The van der Waals surface area contributed by atoms with Gasteiger partial charge in [-0.25, -0.2) is 43.7 Å². The van der Waals surface area contributed by atoms with E-state index in [1.807, 2.05) is 182 Å². The second-order valence-corrected chi connectivity index (χ2v) is 42.2. The van der Waals surface area contributed by atoms with E-state index in [0.717, 1.165) is 124 Å². The molecule has 0 saturated carbocycles. The molecule has 0 radical (unpaired) electrons. The number of thioether (sulfide) groups is 4. The van der Waals surface area contributed by atoms with E-state index < -0.39 is 78.4 Å². The quantitative estimate of drug-likeness (QED) is 0.0253. The molecule has 4 unspecified atom stereocenters. The van der Waals surface area contributed by atoms with Gasteiger partial charge in [0.15, 0.2) is 0 Å². The van der Waals surface area contributed by atoms with E-state index in [1.165, 1.54) is 42.1 Å². The van der Waals surface area contributed by atoms with Gasteiger partial charge in [0, 0.05) is 76.9 Å². The van der Waals surface area contributed by atoms with Crippen LogP contribution in [0.4, 0.5) is 24.0 Å². The van der Waals surface area contributed by atoms with Crippen molar-refractivity contribution in [1.82, 2.24) is 75.8 Å². The molecule has 5 fully saturated rings. The van der Waals surface area contributed by atoms with E-state index in [0.29, 0.717) is 36.7 Å². The molecule has 682 valence electrons. The Morgan fingerprint density at radius 2 is 0.921 bits per heavy atom. The summed E-state index contributed by atoms with van der Waals surface area (Å²) in [5.74, 6) is 0.547. The number of amides is 8. The fraction of sp³-hybridized carbons (Fsp3) is 0.568. The first-order chi connectivity index (χ1) is 59.7. The topological polar surface area (TPSA) is 401 Å². The zero-order valence-corrected chi connectivity index (χ0v) is 79.8. The van der Waals surface area contributed by atoms with E-state index >= 15 is 0 Å². The molecule has 15 rings (SSSR count). The number of alkyl carbamates (subject to hydrolysis) is 4. The van der Waals surface area contributed by atoms with Crippen molar-refractivity contribution in [3.8, 4) is 0 Å². The number of hydrogen-bond acceptors (Lipinski definition) is 23. The number of carbonyl (C=O) groups is 9. The monoisotopic (exact) mass is 1880 g/mol. The zero-order chi connectivity index (χ0) is 91.3. The van der Waals surface area contributed by atoms with Crippen molar-refractivity contribution < 1.29 is 81.3 Å². The number of carboxylic acid groups (broad SMARTS) is 1. The highest BCUT2D eigenvalue weighted by molar-refractivity contribution is 9.14. The number of fused-ring (bicyclic) bond motifs is 4. The number of rotatable bonds is 20. The van der Waals surface area contributed by atoms with Gasteiger partial charge in [-0.2, -0.15) is 0 Å². The van der Waals surface area contributed by atoms with Crippen molar-refractivity contribution in [3.63, 3.8) is 0 Å². The van der Waals surface area contributed by atoms with Crippen LogP contribution in [0.25, 0.3) is 36.7 Å². The Morgan fingerprint density at radius 1 is 0.508 bits per heavy atom. The molecule has 2 aromatic carbocycles. The number of aromatic nitrogens is 7. The molecular weight excluding hydrogens is 1760 g/mol. The zero-order valence-electron chi connectivity index (χ0n) is 74.9. The first-order valence-electron chi connectivity index (χ1n) is 43.0. The lowest BCUT2D eigenvalue weighted by Crippen LogP contribution is -2.51. The fourth-order valence-electron chi connectivity index (χ4n) is 16.5. The lowest BCUT2D eigenvalue weighted by atomic mass is 9.79. The van der Waals surface area contributed by atoms with E-state index in [9.17, 15) is 43.2 Å². The number of nitrogens with zero attached hydrogens (tertiary/aromatic N) is 7. The van der Waals surface area contributed by atoms with Crippen LogP contribution in [0.15, 0.2) is 83.0 Å². The molecule has 6 aromatic rings. The molecule has 38 heteroatoms. The van der Waals surface area contributed by atoms with E-state index in [-0.39, 0.29) is 82.2 Å². The molecule has 4 aromatic heterocycles. The van der Waals surface area contributed by atoms with Gasteiger partial charge in [-0.05, 0) is 186 Å². The molecule has 5 saturated heterocycles. The first-order valence-corrected chi connectivity index (χ1v) is 47.3. The minimum absolute atomic E-state index is 0.0338. The maximum Gasteiger partial charge on any atom is 0.494 e. The Balaban J connectivity index is 0.000000171. The highest BCUT2D eigenvalue weighted by atomic mass is 79.9. The standard InChI is InChI=1S/C39H49N7O6S2.C24H35BN4O5.C18H22BrN3O2S2.C7H13NO4/c1-20(2)33(43-38(49)51-5)36(47)45-13-7-9-27(45)25-15-22-11-12-23(16-24(22)41-25)29-17-31-32(53-29)18-30(54-31)26-19-40-35(42-26)28-10-8-14-46(28)37(48)34(21(3)4)44-39(50)52-6;1-14(2)19(28-22(31)32-7)21(30)29-12-8-9-18(29)20-26-16-11-10-15(13-17(16)27-20)25-33-23(3,4)24(5,6)34-25;1-18(2,3)24-17(23)22-6-4-5-11(22)16-20-9-10(21-16)12-7-13-14(25-12)8-15(19)26-13;1-4(2)5(6(9)10)8-7(11)12-3/h11-12,15-21,27-28,31-34,41H,7-10,13-14H2,1-6H3,(H,40,42)(H,43,49)(H,44,50);10-11,13-14,18-19H,8-9,12H2,1-7H3,(H,26,27)(H,28,31);7-9,11,13-14H,4-6H2,1-3H3,(H,20,21);4-5H,1-3H3,(H,8,11)(H,9,10)/t27-,28-,31?,32?,33-,34-;18-,19-;11-,13?,14?;5-/m0000/s1. The number of methoxy groups -OCH3 is 4. The van der Waals surface area contributed by atoms with E-state index in [4.69, 9.17) is 43.3 Å². The van der Waals surface area contributed by atoms with Gasteiger partial charge in [0.1, 0.15) is 47.2 Å². The van der Waals surface area contributed by atoms with Crippen LogP contribution < -0.4 is 26.7 Å². The molecule has 0 spiro atoms. The van der Waals surface area contributed by atoms with Crippen LogP contribution in [-0.2, 0) is 52.2 Å². The molecule has 12 atom stereocenters. The SMILES string of the molecule is CC(C)(C)OC(=O)N1CCC[C@H]1c1ncc(C2=CC3SC(Br)=CC3S2)[nH]1.COC(=O)N[C@H](C(=O)N1CCC[C@H]1c1cc2ccc(C3=CC4SC(c5cnc([C@@H]6CCCN6C(=O)[C@@H](NC(=O)OC)C(C)C)[nH]5)=CC4S3)cc2[nH]1)C(C)C.COC(=O)N[C@H](C(=O)N1CCC[C@H]1c1nc2ccc(B3OC(C)(C)C(C)(C)O3)cc2[nH]1)C(C)C.COC(=O)N[C@H](C(=O)O)C(C)C. The molecule has 9 aliphatic heterocycles. The third-order valence-corrected chi connectivity index (χ3v) is 30.2. The van der Waals surface area contributed by atoms with Crippen LogP contribution in [0, 0.1) is 23.7 Å². The van der Waals surface area contributed by atoms with E-state index in [1.54, 1.807) is 18.7 Å². The van der Waals surface area contributed by atoms with Crippen LogP contribution in [0.2, 0.25) is 0 Å². The Kier molecular flexibility index (Phi) is 31.0. The molecule has 9 aliphatic rings. The molecule has 0 aliphatic carbocycles. The van der Waals surface area contributed by atoms with Crippen LogP contribution in [-0.4, -0.2) is 237 Å². The number of carboxylic acids is 1. The highest BCUT2D eigenvalue weighted by Gasteiger charge is 2.52. The maximum absolute atomic E-state index is 13.6. The molecule has 126 heavy (non-hydrogen) atoms. The summed E-state index contributed by atoms with van der Waals surface area (Å²) in [6.07, 6.45) is 17.2. The normalized spacial score (nSPS) is 23.1. The maximum atomic E-state index is 13.6. The number of halogens is 1. The molecule has 9 N–H and O–H groups in total. The van der Waals surface area contributed by atoms with Crippen molar-refractivity contribution in [3.05, 3.63) is 123 Å². The number of benzene rings is 2. The van der Waals surface area contributed by atoms with Crippen molar-refractivity contribution in [1.29, 1.82) is 0 Å². The lowest BCUT2D eigenvalue weighted by molar-refractivity contribution is -0.140. The molecule has 32 nitrogen and oxygen atoms in total. The van der Waals surface area contributed by atoms with Crippen molar-refractivity contribution in [2.75, 3.05) is 54.6 Å². The van der Waals surface area contributed by atoms with Gasteiger partial charge in [0.25, 0.3) is 0 Å². The molecule has 0 bridgehead atoms. The number of aromatic amines is 4. The van der Waals surface area contributed by atoms with Crippen molar-refractivity contribution >= 4 is 166 Å². The average molecular weight is 1880 g/mol. The van der Waals surface area contributed by atoms with Crippen LogP contribution in [0.5, 0.6) is 0 Å². The Bertz CT molecular complexity index is 5120. The lowest BCUT2D eigenvalue weighted by Gasteiger charge is -2.32. The van der Waals surface area contributed by atoms with Crippen LogP contribution >= 0.6 is 63.0 Å². The summed E-state index contributed by atoms with van der Waals surface area (Å²) in [6.45, 7) is 31.3. The molecule has 13 heterocycles. The molecule has 8 amide bonds. The number of likely N-dealkylation sites (tertiary alicyclic amines) is 4. The average Bonchev–Trinajstić information content (AvgIpc) is 1.61. The second kappa shape index (κ2) is 40.7. The Labute approximate surface area is 761 Å². The highest BCUT2D eigenvalue weighted by Crippen LogP contribution is 2.55. The van der Waals surface area contributed by atoms with Gasteiger partial charge in [0.05, 0.1) is 98.6 Å². The number of hydrogen-bond donors (Lipinski definition) is 9. The number of aliphatic carboxylic acids is 1. The first kappa shape index (κ1) is 96.0. The smallest absolute Gasteiger partial charge is 0.480 e. The number of imidazole rings is 3. The summed E-state index contributed by atoms with van der Waals surface area (Å²) >= 11 is 11.0. The largest absolute Gasteiger partial charge is 0.494 e. The number of ether oxygens (including phenoxy) is 5.